The number of methoxy groups -OCH3 is 1. The Morgan fingerprint density at radius 3 is 2.48 bits per heavy atom. The summed E-state index contributed by atoms with van der Waals surface area (Å²) in [5.41, 5.74) is 2.17. The molecule has 7 nitrogen and oxygen atoms in total. The number of benzene rings is 2. The monoisotopic (exact) mass is 451 g/mol. The Kier molecular flexibility index (Phi) is 7.76. The summed E-state index contributed by atoms with van der Waals surface area (Å²) in [5, 5.41) is 7.20. The summed E-state index contributed by atoms with van der Waals surface area (Å²) in [6.45, 7) is 8.24. The second-order valence-electron chi connectivity index (χ2n) is 8.88. The Hall–Kier alpha value is -3.32. The first-order valence-corrected chi connectivity index (χ1v) is 11.2. The van der Waals surface area contributed by atoms with E-state index in [1.165, 1.54) is 6.07 Å². The molecule has 7 heteroatoms. The molecule has 0 bridgehead atoms. The van der Waals surface area contributed by atoms with E-state index < -0.39 is 5.63 Å². The molecule has 3 rings (SSSR count). The largest absolute Gasteiger partial charge is 0.495 e. The number of ether oxygens (including phenoxy) is 1. The molecule has 0 aliphatic rings. The van der Waals surface area contributed by atoms with E-state index in [9.17, 15) is 9.59 Å². The van der Waals surface area contributed by atoms with Crippen LogP contribution in [0, 0.1) is 5.92 Å². The normalized spacial score (nSPS) is 12.2. The summed E-state index contributed by atoms with van der Waals surface area (Å²) in [7, 11) is 3.44. The Morgan fingerprint density at radius 2 is 1.82 bits per heavy atom. The second-order valence-corrected chi connectivity index (χ2v) is 8.88. The van der Waals surface area contributed by atoms with Crippen molar-refractivity contribution < 1.29 is 13.9 Å². The van der Waals surface area contributed by atoms with Crippen LogP contribution >= 0.6 is 0 Å². The highest BCUT2D eigenvalue weighted by Crippen LogP contribution is 2.34. The van der Waals surface area contributed by atoms with Crippen LogP contribution in [0.2, 0.25) is 0 Å². The van der Waals surface area contributed by atoms with Gasteiger partial charge in [-0.15, -0.1) is 0 Å². The van der Waals surface area contributed by atoms with Crippen LogP contribution in [-0.4, -0.2) is 32.1 Å². The number of nitrogens with zero attached hydrogens (tertiary/aromatic N) is 1. The summed E-state index contributed by atoms with van der Waals surface area (Å²) in [6.07, 6.45) is 0.720. The van der Waals surface area contributed by atoms with Crippen LogP contribution in [0.3, 0.4) is 0 Å². The van der Waals surface area contributed by atoms with Gasteiger partial charge in [0.2, 0.25) is 5.91 Å². The molecular weight excluding hydrogens is 418 g/mol. The molecule has 1 amide bonds. The second kappa shape index (κ2) is 10.5. The summed E-state index contributed by atoms with van der Waals surface area (Å²) in [5.74, 6) is 0.816. The van der Waals surface area contributed by atoms with Gasteiger partial charge >= 0.3 is 5.63 Å². The SMILES string of the molecule is COc1ccc(N(C)c2cc(=O)oc3ccccc23)cc1NC(=O)[C@H](CC(C)C)NC(C)C. The molecule has 3 aromatic rings. The van der Waals surface area contributed by atoms with Gasteiger partial charge in [0.25, 0.3) is 0 Å². The van der Waals surface area contributed by atoms with E-state index in [4.69, 9.17) is 9.15 Å². The lowest BCUT2D eigenvalue weighted by molar-refractivity contribution is -0.118. The van der Waals surface area contributed by atoms with Gasteiger partial charge in [0.15, 0.2) is 0 Å². The predicted octanol–water partition coefficient (Wildman–Crippen LogP) is 4.92. The molecule has 2 N–H and O–H groups in total. The summed E-state index contributed by atoms with van der Waals surface area (Å²) in [6, 6.07) is 14.3. The Balaban J connectivity index is 1.96. The number of fused-ring (bicyclic) bond motifs is 1. The Morgan fingerprint density at radius 1 is 1.09 bits per heavy atom. The van der Waals surface area contributed by atoms with E-state index in [2.05, 4.69) is 24.5 Å². The van der Waals surface area contributed by atoms with Gasteiger partial charge in [-0.3, -0.25) is 4.79 Å². The quantitative estimate of drug-likeness (QED) is 0.449. The average molecular weight is 452 g/mol. The molecule has 0 aliphatic carbocycles. The van der Waals surface area contributed by atoms with Gasteiger partial charge in [-0.25, -0.2) is 4.79 Å². The van der Waals surface area contributed by atoms with Gasteiger partial charge in [-0.2, -0.15) is 0 Å². The van der Waals surface area contributed by atoms with Crippen LogP contribution < -0.4 is 25.9 Å². The molecule has 0 saturated carbocycles. The van der Waals surface area contributed by atoms with Crippen molar-refractivity contribution in [3.05, 3.63) is 59.0 Å². The fourth-order valence-electron chi connectivity index (χ4n) is 3.86. The van der Waals surface area contributed by atoms with Crippen molar-refractivity contribution in [1.29, 1.82) is 0 Å². The van der Waals surface area contributed by atoms with Gasteiger partial charge in [0.05, 0.1) is 24.5 Å². The van der Waals surface area contributed by atoms with Crippen molar-refractivity contribution in [1.82, 2.24) is 5.32 Å². The maximum absolute atomic E-state index is 13.1. The molecule has 2 aromatic carbocycles. The van der Waals surface area contributed by atoms with Gasteiger partial charge in [0.1, 0.15) is 11.3 Å². The number of hydrogen-bond donors (Lipinski definition) is 2. The maximum atomic E-state index is 13.1. The van der Waals surface area contributed by atoms with Crippen LogP contribution in [0.1, 0.15) is 34.1 Å². The van der Waals surface area contributed by atoms with Crippen molar-refractivity contribution in [2.24, 2.45) is 5.92 Å². The van der Waals surface area contributed by atoms with Gasteiger partial charge in [-0.1, -0.05) is 39.8 Å². The van der Waals surface area contributed by atoms with Gasteiger partial charge in [0, 0.05) is 30.2 Å². The minimum atomic E-state index is -0.422. The molecule has 0 aliphatic heterocycles. The lowest BCUT2D eigenvalue weighted by atomic mass is 10.0. The third-order valence-electron chi connectivity index (χ3n) is 5.38. The molecule has 0 spiro atoms. The van der Waals surface area contributed by atoms with E-state index in [0.29, 0.717) is 28.6 Å². The molecule has 176 valence electrons. The highest BCUT2D eigenvalue weighted by atomic mass is 16.5. The smallest absolute Gasteiger partial charge is 0.338 e. The average Bonchev–Trinajstić information content (AvgIpc) is 2.76. The summed E-state index contributed by atoms with van der Waals surface area (Å²) in [4.78, 5) is 27.1. The van der Waals surface area contributed by atoms with Crippen LogP contribution in [0.25, 0.3) is 11.0 Å². The lowest BCUT2D eigenvalue weighted by Crippen LogP contribution is -2.44. The van der Waals surface area contributed by atoms with E-state index in [0.717, 1.165) is 17.5 Å². The number of carbonyl (C=O) groups excluding carboxylic acids is 1. The van der Waals surface area contributed by atoms with E-state index in [1.54, 1.807) is 13.2 Å². The first-order chi connectivity index (χ1) is 15.7. The lowest BCUT2D eigenvalue weighted by Gasteiger charge is -2.24. The van der Waals surface area contributed by atoms with Crippen LogP contribution in [-0.2, 0) is 4.79 Å². The van der Waals surface area contributed by atoms with Crippen LogP contribution in [0.15, 0.2) is 57.7 Å². The third kappa shape index (κ3) is 5.93. The van der Waals surface area contributed by atoms with Crippen molar-refractivity contribution in [2.75, 3.05) is 24.4 Å². The van der Waals surface area contributed by atoms with Crippen molar-refractivity contribution in [3.63, 3.8) is 0 Å². The summed E-state index contributed by atoms with van der Waals surface area (Å²) >= 11 is 0. The molecular formula is C26H33N3O4. The molecule has 0 fully saturated rings. The molecule has 0 saturated heterocycles. The topological polar surface area (TPSA) is 83.8 Å². The molecule has 33 heavy (non-hydrogen) atoms. The fourth-order valence-corrected chi connectivity index (χ4v) is 3.86. The number of rotatable bonds is 9. The van der Waals surface area contributed by atoms with Gasteiger partial charge in [-0.05, 0) is 42.7 Å². The maximum Gasteiger partial charge on any atom is 0.338 e. The first-order valence-electron chi connectivity index (χ1n) is 11.2. The predicted molar refractivity (Wildman–Crippen MR) is 134 cm³/mol. The van der Waals surface area contributed by atoms with E-state index in [1.807, 2.05) is 62.2 Å². The van der Waals surface area contributed by atoms with E-state index >= 15 is 0 Å². The van der Waals surface area contributed by atoms with Crippen molar-refractivity contribution in [2.45, 2.75) is 46.2 Å². The number of para-hydroxylation sites is 1. The number of anilines is 3. The minimum Gasteiger partial charge on any atom is -0.495 e. The highest BCUT2D eigenvalue weighted by molar-refractivity contribution is 5.97. The number of amides is 1. The summed E-state index contributed by atoms with van der Waals surface area (Å²) < 4.78 is 10.8. The minimum absolute atomic E-state index is 0.110. The zero-order valence-electron chi connectivity index (χ0n) is 20.1. The molecule has 0 unspecified atom stereocenters. The van der Waals surface area contributed by atoms with Crippen molar-refractivity contribution >= 4 is 33.9 Å². The molecule has 0 radical (unpaired) electrons. The van der Waals surface area contributed by atoms with Crippen LogP contribution in [0.5, 0.6) is 5.75 Å². The zero-order valence-corrected chi connectivity index (χ0v) is 20.1. The first kappa shape index (κ1) is 24.3. The Labute approximate surface area is 194 Å². The number of hydrogen-bond acceptors (Lipinski definition) is 6. The number of carbonyl (C=O) groups is 1. The third-order valence-corrected chi connectivity index (χ3v) is 5.38. The fraction of sp³-hybridized carbons (Fsp3) is 0.385. The molecule has 1 atom stereocenters. The Bertz CT molecular complexity index is 1160. The zero-order chi connectivity index (χ0) is 24.1. The van der Waals surface area contributed by atoms with Crippen LogP contribution in [0.4, 0.5) is 17.1 Å². The molecule has 1 heterocycles. The highest BCUT2D eigenvalue weighted by Gasteiger charge is 2.22. The number of nitrogens with one attached hydrogen (secondary N) is 2. The molecule has 1 aromatic heterocycles. The van der Waals surface area contributed by atoms with Gasteiger partial charge < -0.3 is 24.7 Å². The van der Waals surface area contributed by atoms with E-state index in [-0.39, 0.29) is 18.0 Å². The van der Waals surface area contributed by atoms with Crippen molar-refractivity contribution in [3.8, 4) is 5.75 Å². The standard InChI is InChI=1S/C26H33N3O4/c1-16(2)13-21(27-17(3)4)26(31)28-20-14-18(11-12-24(20)32-6)29(5)22-15-25(30)33-23-10-8-7-9-19(22)23/h7-12,14-17,21,27H,13H2,1-6H3,(H,28,31)/t21-/m0/s1.